The van der Waals surface area contributed by atoms with E-state index in [4.69, 9.17) is 15.9 Å². The number of hydrogen-bond donors (Lipinski definition) is 6. The maximum atomic E-state index is 10.1. The summed E-state index contributed by atoms with van der Waals surface area (Å²) in [6.45, 7) is 2.95. The maximum absolute atomic E-state index is 10.1. The van der Waals surface area contributed by atoms with E-state index in [-0.39, 0.29) is 13.2 Å². The summed E-state index contributed by atoms with van der Waals surface area (Å²) >= 11 is 0. The fourth-order valence-electron chi connectivity index (χ4n) is 2.05. The molecule has 0 rings (SSSR count). The van der Waals surface area contributed by atoms with Gasteiger partial charge in [-0.2, -0.15) is 0 Å². The van der Waals surface area contributed by atoms with Crippen LogP contribution in [0.1, 0.15) is 26.7 Å². The van der Waals surface area contributed by atoms with Crippen LogP contribution >= 0.6 is 0 Å². The number of rotatable bonds is 9. The van der Waals surface area contributed by atoms with Gasteiger partial charge < -0.3 is 31.3 Å². The van der Waals surface area contributed by atoms with Crippen LogP contribution in [0, 0.1) is 11.8 Å². The number of nitrogens with two attached hydrogens (primary N) is 1. The van der Waals surface area contributed by atoms with Crippen LogP contribution in [0.5, 0.6) is 0 Å². The fraction of sp³-hybridized carbons (Fsp3) is 1.00. The van der Waals surface area contributed by atoms with Crippen LogP contribution < -0.4 is 5.73 Å². The lowest BCUT2D eigenvalue weighted by atomic mass is 9.82. The molecule has 7 N–H and O–H groups in total. The van der Waals surface area contributed by atoms with Gasteiger partial charge in [0, 0.05) is 31.1 Å². The molecule has 0 spiro atoms. The van der Waals surface area contributed by atoms with Gasteiger partial charge >= 0.3 is 0 Å². The maximum Gasteiger partial charge on any atom is 0.0870 e. The summed E-state index contributed by atoms with van der Waals surface area (Å²) in [6, 6.07) is -0.505. The molecule has 0 heterocycles. The van der Waals surface area contributed by atoms with Crippen LogP contribution in [0.3, 0.4) is 0 Å². The molecular formula is C12H27NO5. The second-order valence-corrected chi connectivity index (χ2v) is 5.01. The van der Waals surface area contributed by atoms with E-state index in [1.165, 1.54) is 0 Å². The molecule has 0 bridgehead atoms. The van der Waals surface area contributed by atoms with Gasteiger partial charge in [-0.25, -0.2) is 0 Å². The molecule has 18 heavy (non-hydrogen) atoms. The molecular weight excluding hydrogens is 238 g/mol. The Morgan fingerprint density at radius 2 is 1.56 bits per heavy atom. The molecule has 4 unspecified atom stereocenters. The van der Waals surface area contributed by atoms with Crippen molar-refractivity contribution in [2.75, 3.05) is 13.2 Å². The lowest BCUT2D eigenvalue weighted by Crippen LogP contribution is -2.50. The normalized spacial score (nSPS) is 22.0. The van der Waals surface area contributed by atoms with Crippen molar-refractivity contribution in [3.8, 4) is 0 Å². The van der Waals surface area contributed by atoms with Gasteiger partial charge in [-0.15, -0.1) is 0 Å². The van der Waals surface area contributed by atoms with E-state index in [0.29, 0.717) is 12.8 Å². The highest BCUT2D eigenvalue weighted by Crippen LogP contribution is 2.22. The first-order valence-electron chi connectivity index (χ1n) is 6.38. The summed E-state index contributed by atoms with van der Waals surface area (Å²) in [5.41, 5.74) is 5.73. The van der Waals surface area contributed by atoms with E-state index in [0.717, 1.165) is 0 Å². The van der Waals surface area contributed by atoms with Crippen molar-refractivity contribution in [1.29, 1.82) is 0 Å². The Bertz CT molecular complexity index is 215. The standard InChI is InChI=1S/C12H27NO5/c1-7(6-15)11(17)12(18)10(8(2)13)9(16)4-3-5-14/h7-12,14-18H,3-6,13H2,1-2H3/t7?,8?,9-,10?,11+,12?/m0/s1. The summed E-state index contributed by atoms with van der Waals surface area (Å²) in [5, 5.41) is 47.5. The zero-order chi connectivity index (χ0) is 14.3. The molecule has 0 saturated carbocycles. The second-order valence-electron chi connectivity index (χ2n) is 5.01. The van der Waals surface area contributed by atoms with Crippen molar-refractivity contribution in [2.45, 2.75) is 51.0 Å². The lowest BCUT2D eigenvalue weighted by molar-refractivity contribution is -0.0903. The molecule has 0 aromatic rings. The van der Waals surface area contributed by atoms with Gasteiger partial charge in [-0.3, -0.25) is 0 Å². The van der Waals surface area contributed by atoms with Crippen molar-refractivity contribution in [3.63, 3.8) is 0 Å². The zero-order valence-electron chi connectivity index (χ0n) is 11.1. The molecule has 0 radical (unpaired) electrons. The first-order valence-corrected chi connectivity index (χ1v) is 6.38. The predicted octanol–water partition coefficient (Wildman–Crippen LogP) is -1.57. The lowest BCUT2D eigenvalue weighted by Gasteiger charge is -2.34. The number of aliphatic hydroxyl groups is 5. The summed E-state index contributed by atoms with van der Waals surface area (Å²) in [7, 11) is 0. The Morgan fingerprint density at radius 1 is 1.00 bits per heavy atom. The third-order valence-electron chi connectivity index (χ3n) is 3.32. The van der Waals surface area contributed by atoms with E-state index >= 15 is 0 Å². The average Bonchev–Trinajstić information content (AvgIpc) is 2.33. The molecule has 0 saturated heterocycles. The van der Waals surface area contributed by atoms with Gasteiger partial charge in [0.15, 0.2) is 0 Å². The first kappa shape index (κ1) is 17.8. The predicted molar refractivity (Wildman–Crippen MR) is 67.7 cm³/mol. The summed E-state index contributed by atoms with van der Waals surface area (Å²) < 4.78 is 0. The van der Waals surface area contributed by atoms with Gasteiger partial charge in [-0.1, -0.05) is 6.92 Å². The van der Waals surface area contributed by atoms with E-state index in [2.05, 4.69) is 0 Å². The minimum absolute atomic E-state index is 0.0472. The molecule has 0 aromatic carbocycles. The minimum atomic E-state index is -1.21. The van der Waals surface area contributed by atoms with Crippen molar-refractivity contribution < 1.29 is 25.5 Å². The molecule has 0 aliphatic heterocycles. The molecule has 6 atom stereocenters. The fourth-order valence-corrected chi connectivity index (χ4v) is 2.05. The van der Waals surface area contributed by atoms with Crippen LogP contribution in [-0.4, -0.2) is 63.1 Å². The second kappa shape index (κ2) is 8.79. The topological polar surface area (TPSA) is 127 Å². The van der Waals surface area contributed by atoms with Crippen molar-refractivity contribution in [1.82, 2.24) is 0 Å². The molecule has 0 aromatic heterocycles. The van der Waals surface area contributed by atoms with Crippen molar-refractivity contribution in [3.05, 3.63) is 0 Å². The average molecular weight is 265 g/mol. The highest BCUT2D eigenvalue weighted by atomic mass is 16.3. The largest absolute Gasteiger partial charge is 0.396 e. The number of aliphatic hydroxyl groups excluding tert-OH is 5. The highest BCUT2D eigenvalue weighted by molar-refractivity contribution is 4.88. The van der Waals surface area contributed by atoms with Gasteiger partial charge in [0.05, 0.1) is 18.3 Å². The monoisotopic (exact) mass is 265 g/mol. The SMILES string of the molecule is CC(N)C(C(O)[C@H](O)C(C)CO)[C@@H](O)CCCO. The van der Waals surface area contributed by atoms with Gasteiger partial charge in [0.25, 0.3) is 0 Å². The quantitative estimate of drug-likeness (QED) is 0.299. The molecule has 6 nitrogen and oxygen atoms in total. The molecule has 6 heteroatoms. The van der Waals surface area contributed by atoms with Crippen LogP contribution in [0.2, 0.25) is 0 Å². The first-order chi connectivity index (χ1) is 8.36. The van der Waals surface area contributed by atoms with Crippen LogP contribution in [0.4, 0.5) is 0 Å². The zero-order valence-corrected chi connectivity index (χ0v) is 11.1. The van der Waals surface area contributed by atoms with E-state index in [1.54, 1.807) is 13.8 Å². The Morgan fingerprint density at radius 3 is 1.94 bits per heavy atom. The Labute approximate surface area is 108 Å². The van der Waals surface area contributed by atoms with E-state index in [9.17, 15) is 15.3 Å². The van der Waals surface area contributed by atoms with Crippen LogP contribution in [0.15, 0.2) is 0 Å². The Hall–Kier alpha value is -0.240. The molecule has 0 fully saturated rings. The van der Waals surface area contributed by atoms with E-state index < -0.39 is 36.2 Å². The third-order valence-corrected chi connectivity index (χ3v) is 3.32. The van der Waals surface area contributed by atoms with Crippen molar-refractivity contribution in [2.24, 2.45) is 17.6 Å². The van der Waals surface area contributed by atoms with Crippen molar-refractivity contribution >= 4 is 0 Å². The Balaban J connectivity index is 4.67. The van der Waals surface area contributed by atoms with Crippen LogP contribution in [-0.2, 0) is 0 Å². The molecule has 0 aliphatic carbocycles. The van der Waals surface area contributed by atoms with Gasteiger partial charge in [0.2, 0.25) is 0 Å². The summed E-state index contributed by atoms with van der Waals surface area (Å²) in [4.78, 5) is 0. The van der Waals surface area contributed by atoms with Gasteiger partial charge in [-0.05, 0) is 19.8 Å². The van der Waals surface area contributed by atoms with Crippen LogP contribution in [0.25, 0.3) is 0 Å². The molecule has 0 amide bonds. The smallest absolute Gasteiger partial charge is 0.0870 e. The van der Waals surface area contributed by atoms with Gasteiger partial charge in [0.1, 0.15) is 0 Å². The Kier molecular flexibility index (Phi) is 8.67. The summed E-state index contributed by atoms with van der Waals surface area (Å²) in [6.07, 6.45) is -2.54. The highest BCUT2D eigenvalue weighted by Gasteiger charge is 2.36. The minimum Gasteiger partial charge on any atom is -0.396 e. The number of hydrogen-bond acceptors (Lipinski definition) is 6. The molecule has 110 valence electrons. The molecule has 0 aliphatic rings. The van der Waals surface area contributed by atoms with E-state index in [1.807, 2.05) is 0 Å². The summed E-state index contributed by atoms with van der Waals surface area (Å²) in [5.74, 6) is -1.19. The third kappa shape index (κ3) is 5.17.